The van der Waals surface area contributed by atoms with Crippen LogP contribution in [0, 0.1) is 0 Å². The molecule has 0 bridgehead atoms. The summed E-state index contributed by atoms with van der Waals surface area (Å²) in [5.41, 5.74) is 0. The Balaban J connectivity index is 2.95. The van der Waals surface area contributed by atoms with Crippen LogP contribution in [0.2, 0.25) is 5.02 Å². The van der Waals surface area contributed by atoms with E-state index in [0.717, 1.165) is 5.02 Å². The summed E-state index contributed by atoms with van der Waals surface area (Å²) >= 11 is 9.90. The van der Waals surface area contributed by atoms with Crippen LogP contribution in [0.1, 0.15) is 41.5 Å². The second-order valence-corrected chi connectivity index (χ2v) is 10.3. The Morgan fingerprint density at radius 2 is 1.12 bits per heavy atom. The van der Waals surface area contributed by atoms with Crippen LogP contribution in [0.3, 0.4) is 0 Å². The third kappa shape index (κ3) is 6.64. The van der Waals surface area contributed by atoms with Crippen molar-refractivity contribution in [3.63, 3.8) is 0 Å². The SMILES string of the molecule is CC(C)(C)Sc1cc(Cl)cc(SC(C)(C)C)c1. The maximum Gasteiger partial charge on any atom is 0.0428 e. The number of hydrogen-bond acceptors (Lipinski definition) is 2. The van der Waals surface area contributed by atoms with Gasteiger partial charge in [0.2, 0.25) is 0 Å². The smallest absolute Gasteiger partial charge is 0.0428 e. The molecule has 0 heterocycles. The van der Waals surface area contributed by atoms with Crippen molar-refractivity contribution >= 4 is 35.1 Å². The number of halogens is 1. The molecule has 0 aliphatic rings. The lowest BCUT2D eigenvalue weighted by molar-refractivity contribution is 0.800. The topological polar surface area (TPSA) is 0 Å². The van der Waals surface area contributed by atoms with Crippen LogP contribution in [-0.4, -0.2) is 9.49 Å². The van der Waals surface area contributed by atoms with Gasteiger partial charge in [0.15, 0.2) is 0 Å². The molecule has 96 valence electrons. The molecule has 0 aliphatic heterocycles. The Kier molecular flexibility index (Phi) is 4.90. The first-order chi connectivity index (χ1) is 7.55. The first-order valence-corrected chi connectivity index (χ1v) is 7.75. The van der Waals surface area contributed by atoms with Gasteiger partial charge >= 0.3 is 0 Å². The molecule has 0 unspecified atom stereocenters. The number of rotatable bonds is 2. The summed E-state index contributed by atoms with van der Waals surface area (Å²) in [6.07, 6.45) is 0. The van der Waals surface area contributed by atoms with Crippen LogP contribution in [0.5, 0.6) is 0 Å². The molecule has 0 atom stereocenters. The average molecular weight is 289 g/mol. The van der Waals surface area contributed by atoms with E-state index in [1.807, 2.05) is 35.7 Å². The number of benzene rings is 1. The van der Waals surface area contributed by atoms with Gasteiger partial charge < -0.3 is 0 Å². The Hall–Kier alpha value is 0.210. The van der Waals surface area contributed by atoms with Crippen molar-refractivity contribution in [3.8, 4) is 0 Å². The molecule has 1 aromatic rings. The minimum Gasteiger partial charge on any atom is -0.120 e. The fraction of sp³-hybridized carbons (Fsp3) is 0.571. The summed E-state index contributed by atoms with van der Waals surface area (Å²) < 4.78 is 0.433. The fourth-order valence-electron chi connectivity index (χ4n) is 1.36. The van der Waals surface area contributed by atoms with E-state index in [-0.39, 0.29) is 9.49 Å². The zero-order valence-corrected chi connectivity index (χ0v) is 13.8. The largest absolute Gasteiger partial charge is 0.120 e. The predicted octanol–water partition coefficient (Wildman–Crippen LogP) is 6.12. The second-order valence-electron chi connectivity index (χ2n) is 6.05. The van der Waals surface area contributed by atoms with Gasteiger partial charge in [0.25, 0.3) is 0 Å². The van der Waals surface area contributed by atoms with E-state index in [1.54, 1.807) is 0 Å². The molecule has 0 nitrogen and oxygen atoms in total. The van der Waals surface area contributed by atoms with Crippen molar-refractivity contribution in [2.24, 2.45) is 0 Å². The van der Waals surface area contributed by atoms with E-state index in [9.17, 15) is 0 Å². The summed E-state index contributed by atoms with van der Waals surface area (Å²) in [6, 6.07) is 6.33. The van der Waals surface area contributed by atoms with Crippen LogP contribution >= 0.6 is 35.1 Å². The number of thioether (sulfide) groups is 2. The van der Waals surface area contributed by atoms with Crippen molar-refractivity contribution < 1.29 is 0 Å². The van der Waals surface area contributed by atoms with Gasteiger partial charge in [-0.15, -0.1) is 23.5 Å². The summed E-state index contributed by atoms with van der Waals surface area (Å²) in [6.45, 7) is 13.3. The highest BCUT2D eigenvalue weighted by Gasteiger charge is 2.16. The Morgan fingerprint density at radius 1 is 0.765 bits per heavy atom. The van der Waals surface area contributed by atoms with Crippen molar-refractivity contribution in [1.29, 1.82) is 0 Å². The average Bonchev–Trinajstić information content (AvgIpc) is 1.93. The molecule has 0 N–H and O–H groups in total. The Morgan fingerprint density at radius 3 is 1.41 bits per heavy atom. The molecular weight excluding hydrogens is 268 g/mol. The van der Waals surface area contributed by atoms with Crippen LogP contribution in [-0.2, 0) is 0 Å². The zero-order chi connectivity index (χ0) is 13.3. The molecule has 1 aromatic carbocycles. The van der Waals surface area contributed by atoms with Gasteiger partial charge in [-0.2, -0.15) is 0 Å². The van der Waals surface area contributed by atoms with E-state index in [2.05, 4.69) is 47.6 Å². The maximum atomic E-state index is 6.18. The third-order valence-corrected chi connectivity index (χ3v) is 4.08. The lowest BCUT2D eigenvalue weighted by Crippen LogP contribution is -2.08. The maximum absolute atomic E-state index is 6.18. The van der Waals surface area contributed by atoms with E-state index < -0.39 is 0 Å². The van der Waals surface area contributed by atoms with Crippen LogP contribution in [0.4, 0.5) is 0 Å². The standard InChI is InChI=1S/C14H21ClS2/c1-13(2,3)16-11-7-10(15)8-12(9-11)17-14(4,5)6/h7-9H,1-6H3. The van der Waals surface area contributed by atoms with E-state index in [4.69, 9.17) is 11.6 Å². The molecule has 0 radical (unpaired) electrons. The fourth-order valence-corrected chi connectivity index (χ4v) is 3.96. The van der Waals surface area contributed by atoms with Gasteiger partial charge in [0, 0.05) is 24.3 Å². The van der Waals surface area contributed by atoms with Crippen LogP contribution < -0.4 is 0 Å². The lowest BCUT2D eigenvalue weighted by Gasteiger charge is -2.21. The Bertz CT molecular complexity index is 352. The van der Waals surface area contributed by atoms with E-state index >= 15 is 0 Å². The van der Waals surface area contributed by atoms with Gasteiger partial charge in [0.05, 0.1) is 0 Å². The molecule has 0 spiro atoms. The van der Waals surface area contributed by atoms with Gasteiger partial charge in [0.1, 0.15) is 0 Å². The molecule has 0 amide bonds. The normalized spacial score (nSPS) is 12.9. The van der Waals surface area contributed by atoms with E-state index in [1.165, 1.54) is 9.79 Å². The first-order valence-electron chi connectivity index (χ1n) is 5.74. The number of hydrogen-bond donors (Lipinski definition) is 0. The van der Waals surface area contributed by atoms with Gasteiger partial charge in [-0.1, -0.05) is 53.1 Å². The zero-order valence-electron chi connectivity index (χ0n) is 11.4. The van der Waals surface area contributed by atoms with Crippen molar-refractivity contribution in [3.05, 3.63) is 23.2 Å². The first kappa shape index (κ1) is 15.3. The highest BCUT2D eigenvalue weighted by molar-refractivity contribution is 8.01. The van der Waals surface area contributed by atoms with Gasteiger partial charge in [-0.25, -0.2) is 0 Å². The van der Waals surface area contributed by atoms with E-state index in [0.29, 0.717) is 0 Å². The van der Waals surface area contributed by atoms with Crippen molar-refractivity contribution in [2.45, 2.75) is 60.8 Å². The van der Waals surface area contributed by atoms with Crippen molar-refractivity contribution in [2.75, 3.05) is 0 Å². The minimum absolute atomic E-state index is 0.217. The molecule has 0 fully saturated rings. The predicted molar refractivity (Wildman–Crippen MR) is 82.7 cm³/mol. The minimum atomic E-state index is 0.217. The molecule has 1 rings (SSSR count). The second kappa shape index (κ2) is 5.46. The molecule has 0 aromatic heterocycles. The summed E-state index contributed by atoms with van der Waals surface area (Å²) in [4.78, 5) is 2.49. The highest BCUT2D eigenvalue weighted by Crippen LogP contribution is 2.39. The van der Waals surface area contributed by atoms with Crippen LogP contribution in [0.15, 0.2) is 28.0 Å². The quantitative estimate of drug-likeness (QED) is 0.601. The highest BCUT2D eigenvalue weighted by atomic mass is 35.5. The molecule has 3 heteroatoms. The van der Waals surface area contributed by atoms with Crippen molar-refractivity contribution in [1.82, 2.24) is 0 Å². The lowest BCUT2D eigenvalue weighted by atomic mass is 10.3. The van der Waals surface area contributed by atoms with Crippen LogP contribution in [0.25, 0.3) is 0 Å². The molecule has 0 saturated heterocycles. The third-order valence-electron chi connectivity index (χ3n) is 1.69. The molecule has 17 heavy (non-hydrogen) atoms. The molecule has 0 saturated carbocycles. The van der Waals surface area contributed by atoms with Gasteiger partial charge in [-0.3, -0.25) is 0 Å². The summed E-state index contributed by atoms with van der Waals surface area (Å²) in [5.74, 6) is 0. The molecule has 0 aliphatic carbocycles. The monoisotopic (exact) mass is 288 g/mol. The summed E-state index contributed by atoms with van der Waals surface area (Å²) in [5, 5.41) is 0.825. The van der Waals surface area contributed by atoms with Gasteiger partial charge in [-0.05, 0) is 18.2 Å². The summed E-state index contributed by atoms with van der Waals surface area (Å²) in [7, 11) is 0. The molecular formula is C14H21ClS2. The Labute approximate surface area is 119 Å².